The van der Waals surface area contributed by atoms with Crippen molar-refractivity contribution in [3.8, 4) is 0 Å². The lowest BCUT2D eigenvalue weighted by Crippen LogP contribution is -2.16. The van der Waals surface area contributed by atoms with Crippen LogP contribution in [0.5, 0.6) is 0 Å². The SMILES string of the molecule is CCCCCC(NC)c1ccc2c(c1)CCC2. The van der Waals surface area contributed by atoms with E-state index in [1.54, 1.807) is 11.1 Å². The molecule has 1 nitrogen and oxygen atoms in total. The highest BCUT2D eigenvalue weighted by molar-refractivity contribution is 5.36. The lowest BCUT2D eigenvalue weighted by molar-refractivity contribution is 0.511. The summed E-state index contributed by atoms with van der Waals surface area (Å²) in [6, 6.07) is 7.67. The van der Waals surface area contributed by atoms with Crippen molar-refractivity contribution in [1.29, 1.82) is 0 Å². The number of hydrogen-bond donors (Lipinski definition) is 1. The molecule has 0 heterocycles. The molecule has 1 atom stereocenters. The Hall–Kier alpha value is -0.820. The Morgan fingerprint density at radius 1 is 1.18 bits per heavy atom. The molecule has 1 aromatic rings. The van der Waals surface area contributed by atoms with E-state index in [9.17, 15) is 0 Å². The zero-order chi connectivity index (χ0) is 12.1. The van der Waals surface area contributed by atoms with Gasteiger partial charge in [0.1, 0.15) is 0 Å². The zero-order valence-electron chi connectivity index (χ0n) is 11.3. The summed E-state index contributed by atoms with van der Waals surface area (Å²) >= 11 is 0. The van der Waals surface area contributed by atoms with Gasteiger partial charge in [-0.15, -0.1) is 0 Å². The fourth-order valence-electron chi connectivity index (χ4n) is 2.88. The Bertz CT molecular complexity index is 357. The Balaban J connectivity index is 2.03. The van der Waals surface area contributed by atoms with E-state index in [0.717, 1.165) is 0 Å². The van der Waals surface area contributed by atoms with Crippen molar-refractivity contribution < 1.29 is 0 Å². The van der Waals surface area contributed by atoms with E-state index in [4.69, 9.17) is 0 Å². The topological polar surface area (TPSA) is 12.0 Å². The third-order valence-corrected chi connectivity index (χ3v) is 3.97. The molecule has 0 bridgehead atoms. The summed E-state index contributed by atoms with van der Waals surface area (Å²) in [5.41, 5.74) is 4.67. The van der Waals surface area contributed by atoms with Crippen molar-refractivity contribution in [3.63, 3.8) is 0 Å². The maximum absolute atomic E-state index is 3.47. The van der Waals surface area contributed by atoms with E-state index in [1.165, 1.54) is 50.5 Å². The molecule has 17 heavy (non-hydrogen) atoms. The van der Waals surface area contributed by atoms with Crippen LogP contribution >= 0.6 is 0 Å². The van der Waals surface area contributed by atoms with E-state index in [1.807, 2.05) is 0 Å². The zero-order valence-corrected chi connectivity index (χ0v) is 11.3. The Kier molecular flexibility index (Phi) is 4.61. The minimum atomic E-state index is 0.549. The first kappa shape index (κ1) is 12.6. The van der Waals surface area contributed by atoms with Gasteiger partial charge >= 0.3 is 0 Å². The lowest BCUT2D eigenvalue weighted by Gasteiger charge is -2.17. The maximum atomic E-state index is 3.47. The molecule has 1 aliphatic carbocycles. The molecule has 0 saturated carbocycles. The van der Waals surface area contributed by atoms with Gasteiger partial charge in [-0.25, -0.2) is 0 Å². The van der Waals surface area contributed by atoms with E-state index in [0.29, 0.717) is 6.04 Å². The number of fused-ring (bicyclic) bond motifs is 1. The smallest absolute Gasteiger partial charge is 0.0317 e. The minimum Gasteiger partial charge on any atom is -0.313 e. The summed E-state index contributed by atoms with van der Waals surface area (Å²) in [6.07, 6.45) is 9.18. The molecule has 1 N–H and O–H groups in total. The molecule has 1 aromatic carbocycles. The minimum absolute atomic E-state index is 0.549. The highest BCUT2D eigenvalue weighted by Crippen LogP contribution is 2.27. The fourth-order valence-corrected chi connectivity index (χ4v) is 2.88. The molecular formula is C16H25N. The van der Waals surface area contributed by atoms with Crippen LogP contribution in [0.4, 0.5) is 0 Å². The van der Waals surface area contributed by atoms with Crippen LogP contribution in [0.25, 0.3) is 0 Å². The van der Waals surface area contributed by atoms with Gasteiger partial charge in [-0.3, -0.25) is 0 Å². The number of aryl methyl sites for hydroxylation is 2. The molecule has 0 spiro atoms. The van der Waals surface area contributed by atoms with Crippen LogP contribution in [0.15, 0.2) is 18.2 Å². The molecule has 0 amide bonds. The molecule has 0 radical (unpaired) electrons. The molecule has 0 fully saturated rings. The van der Waals surface area contributed by atoms with Crippen molar-refractivity contribution in [2.45, 2.75) is 57.9 Å². The van der Waals surface area contributed by atoms with Crippen molar-refractivity contribution in [1.82, 2.24) is 5.32 Å². The van der Waals surface area contributed by atoms with E-state index < -0.39 is 0 Å². The Morgan fingerprint density at radius 3 is 2.76 bits per heavy atom. The second-order valence-electron chi connectivity index (χ2n) is 5.22. The summed E-state index contributed by atoms with van der Waals surface area (Å²) in [5, 5.41) is 3.47. The second kappa shape index (κ2) is 6.20. The molecular weight excluding hydrogens is 206 g/mol. The monoisotopic (exact) mass is 231 g/mol. The number of nitrogens with one attached hydrogen (secondary N) is 1. The molecule has 1 aliphatic rings. The third kappa shape index (κ3) is 3.10. The van der Waals surface area contributed by atoms with Gasteiger partial charge in [-0.1, -0.05) is 44.4 Å². The predicted octanol–water partition coefficient (Wildman–Crippen LogP) is 4.02. The van der Waals surface area contributed by atoms with E-state index in [-0.39, 0.29) is 0 Å². The van der Waals surface area contributed by atoms with Crippen molar-refractivity contribution >= 4 is 0 Å². The van der Waals surface area contributed by atoms with Crippen LogP contribution in [0.2, 0.25) is 0 Å². The van der Waals surface area contributed by atoms with Crippen LogP contribution in [-0.2, 0) is 12.8 Å². The molecule has 1 unspecified atom stereocenters. The Morgan fingerprint density at radius 2 is 2.00 bits per heavy atom. The van der Waals surface area contributed by atoms with Crippen LogP contribution in [0.1, 0.15) is 61.8 Å². The van der Waals surface area contributed by atoms with Gasteiger partial charge < -0.3 is 5.32 Å². The molecule has 2 rings (SSSR count). The highest BCUT2D eigenvalue weighted by Gasteiger charge is 2.14. The predicted molar refractivity (Wildman–Crippen MR) is 74.4 cm³/mol. The van der Waals surface area contributed by atoms with Gasteiger partial charge in [0.15, 0.2) is 0 Å². The summed E-state index contributed by atoms with van der Waals surface area (Å²) in [6.45, 7) is 2.27. The summed E-state index contributed by atoms with van der Waals surface area (Å²) < 4.78 is 0. The number of benzene rings is 1. The standard InChI is InChI=1S/C16H25N/c1-3-4-5-9-16(17-2)15-11-10-13-7-6-8-14(13)12-15/h10-12,16-17H,3-9H2,1-2H3. The third-order valence-electron chi connectivity index (χ3n) is 3.97. The summed E-state index contributed by atoms with van der Waals surface area (Å²) in [5.74, 6) is 0. The normalized spacial score (nSPS) is 15.9. The first-order valence-electron chi connectivity index (χ1n) is 7.14. The van der Waals surface area contributed by atoms with Gasteiger partial charge in [0.05, 0.1) is 0 Å². The average molecular weight is 231 g/mol. The molecule has 94 valence electrons. The van der Waals surface area contributed by atoms with Gasteiger partial charge in [0, 0.05) is 6.04 Å². The number of unbranched alkanes of at least 4 members (excludes halogenated alkanes) is 2. The fraction of sp³-hybridized carbons (Fsp3) is 0.625. The quantitative estimate of drug-likeness (QED) is 0.729. The molecule has 0 saturated heterocycles. The average Bonchev–Trinajstić information content (AvgIpc) is 2.82. The maximum Gasteiger partial charge on any atom is 0.0317 e. The first-order valence-corrected chi connectivity index (χ1v) is 7.14. The Labute approximate surface area is 106 Å². The van der Waals surface area contributed by atoms with Crippen molar-refractivity contribution in [3.05, 3.63) is 34.9 Å². The van der Waals surface area contributed by atoms with Gasteiger partial charge in [0.2, 0.25) is 0 Å². The second-order valence-corrected chi connectivity index (χ2v) is 5.22. The summed E-state index contributed by atoms with van der Waals surface area (Å²) in [4.78, 5) is 0. The van der Waals surface area contributed by atoms with Crippen LogP contribution in [0, 0.1) is 0 Å². The van der Waals surface area contributed by atoms with Gasteiger partial charge in [-0.2, -0.15) is 0 Å². The summed E-state index contributed by atoms with van der Waals surface area (Å²) in [7, 11) is 2.09. The van der Waals surface area contributed by atoms with Gasteiger partial charge in [-0.05, 0) is 49.4 Å². The van der Waals surface area contributed by atoms with Crippen LogP contribution in [-0.4, -0.2) is 7.05 Å². The largest absolute Gasteiger partial charge is 0.313 e. The van der Waals surface area contributed by atoms with Crippen molar-refractivity contribution in [2.24, 2.45) is 0 Å². The molecule has 0 aliphatic heterocycles. The van der Waals surface area contributed by atoms with Crippen LogP contribution < -0.4 is 5.32 Å². The highest BCUT2D eigenvalue weighted by atomic mass is 14.9. The molecule has 0 aromatic heterocycles. The first-order chi connectivity index (χ1) is 8.35. The number of rotatable bonds is 6. The van der Waals surface area contributed by atoms with E-state index in [2.05, 4.69) is 37.5 Å². The lowest BCUT2D eigenvalue weighted by atomic mass is 9.97. The van der Waals surface area contributed by atoms with Crippen molar-refractivity contribution in [2.75, 3.05) is 7.05 Å². The number of hydrogen-bond acceptors (Lipinski definition) is 1. The van der Waals surface area contributed by atoms with Gasteiger partial charge in [0.25, 0.3) is 0 Å². The molecule has 1 heteroatoms. The van der Waals surface area contributed by atoms with E-state index >= 15 is 0 Å². The van der Waals surface area contributed by atoms with Crippen LogP contribution in [0.3, 0.4) is 0 Å².